The molecule has 19 heavy (non-hydrogen) atoms. The first-order valence-corrected chi connectivity index (χ1v) is 7.51. The van der Waals surface area contributed by atoms with Crippen molar-refractivity contribution in [2.24, 2.45) is 5.14 Å². The van der Waals surface area contributed by atoms with Gasteiger partial charge in [-0.1, -0.05) is 11.3 Å². The molecule has 2 aromatic heterocycles. The van der Waals surface area contributed by atoms with Gasteiger partial charge in [-0.05, 0) is 19.1 Å². The number of furan rings is 1. The minimum atomic E-state index is -3.87. The zero-order valence-corrected chi connectivity index (χ0v) is 11.8. The van der Waals surface area contributed by atoms with Crippen LogP contribution in [0.5, 0.6) is 0 Å². The number of sulfonamides is 1. The maximum absolute atomic E-state index is 11.1. The van der Waals surface area contributed by atoms with Crippen LogP contribution in [0, 0.1) is 6.92 Å². The number of hydrogen-bond donors (Lipinski definition) is 2. The minimum absolute atomic E-state index is 0.232. The van der Waals surface area contributed by atoms with Crippen LogP contribution < -0.4 is 10.5 Å². The Morgan fingerprint density at radius 1 is 1.47 bits per heavy atom. The average Bonchev–Trinajstić information content (AvgIpc) is 2.82. The van der Waals surface area contributed by atoms with Gasteiger partial charge in [0.05, 0.1) is 10.6 Å². The molecule has 0 spiro atoms. The Morgan fingerprint density at radius 2 is 2.16 bits per heavy atom. The number of rotatable bonds is 3. The summed E-state index contributed by atoms with van der Waals surface area (Å²) in [6.45, 7) is 3.11. The second kappa shape index (κ2) is 4.76. The SMILES string of the molecule is CC(=O)Nc1nc(C)c(-c2ccc(S(N)(=O)=O)o2)s1. The smallest absolute Gasteiger partial charge is 0.271 e. The number of primary sulfonamides is 1. The summed E-state index contributed by atoms with van der Waals surface area (Å²) in [6.07, 6.45) is 0. The van der Waals surface area contributed by atoms with Gasteiger partial charge >= 0.3 is 0 Å². The Labute approximate surface area is 113 Å². The molecule has 0 atom stereocenters. The molecule has 0 aromatic carbocycles. The van der Waals surface area contributed by atoms with Crippen molar-refractivity contribution in [1.82, 2.24) is 4.98 Å². The summed E-state index contributed by atoms with van der Waals surface area (Å²) < 4.78 is 27.4. The Bertz CT molecular complexity index is 730. The lowest BCUT2D eigenvalue weighted by molar-refractivity contribution is -0.114. The highest BCUT2D eigenvalue weighted by Gasteiger charge is 2.18. The van der Waals surface area contributed by atoms with Crippen LogP contribution in [-0.4, -0.2) is 19.3 Å². The van der Waals surface area contributed by atoms with Gasteiger partial charge in [-0.15, -0.1) is 0 Å². The second-order valence-electron chi connectivity index (χ2n) is 3.78. The van der Waals surface area contributed by atoms with Crippen LogP contribution in [0.4, 0.5) is 5.13 Å². The molecule has 0 aliphatic heterocycles. The van der Waals surface area contributed by atoms with Gasteiger partial charge in [-0.3, -0.25) is 4.79 Å². The maximum atomic E-state index is 11.1. The molecule has 102 valence electrons. The molecule has 0 bridgehead atoms. The van der Waals surface area contributed by atoms with E-state index in [1.807, 2.05) is 0 Å². The van der Waals surface area contributed by atoms with E-state index in [2.05, 4.69) is 10.3 Å². The fourth-order valence-electron chi connectivity index (χ4n) is 1.42. The molecule has 0 aliphatic rings. The highest BCUT2D eigenvalue weighted by Crippen LogP contribution is 2.34. The van der Waals surface area contributed by atoms with Crippen LogP contribution in [-0.2, 0) is 14.8 Å². The number of nitrogens with two attached hydrogens (primary N) is 1. The lowest BCUT2D eigenvalue weighted by Gasteiger charge is -1.93. The molecule has 0 saturated carbocycles. The molecule has 0 unspecified atom stereocenters. The van der Waals surface area contributed by atoms with E-state index in [0.29, 0.717) is 21.5 Å². The van der Waals surface area contributed by atoms with Gasteiger partial charge in [0.1, 0.15) is 5.76 Å². The van der Waals surface area contributed by atoms with Gasteiger partial charge in [-0.25, -0.2) is 18.5 Å². The summed E-state index contributed by atoms with van der Waals surface area (Å²) >= 11 is 1.19. The van der Waals surface area contributed by atoms with Gasteiger partial charge in [0, 0.05) is 6.92 Å². The van der Waals surface area contributed by atoms with Crippen molar-refractivity contribution < 1.29 is 17.6 Å². The normalized spacial score (nSPS) is 11.5. The van der Waals surface area contributed by atoms with Gasteiger partial charge in [0.15, 0.2) is 5.13 Å². The first-order valence-electron chi connectivity index (χ1n) is 5.15. The Kier molecular flexibility index (Phi) is 3.43. The molecule has 0 radical (unpaired) electrons. The molecule has 7 nitrogen and oxygen atoms in total. The number of anilines is 1. The van der Waals surface area contributed by atoms with Crippen LogP contribution in [0.2, 0.25) is 0 Å². The summed E-state index contributed by atoms with van der Waals surface area (Å²) in [6, 6.07) is 2.78. The van der Waals surface area contributed by atoms with E-state index >= 15 is 0 Å². The highest BCUT2D eigenvalue weighted by atomic mass is 32.2. The standard InChI is InChI=1S/C10H11N3O4S2/c1-5-9(18-10(12-5)13-6(2)14)7-3-4-8(17-7)19(11,15)16/h3-4H,1-2H3,(H2,11,15,16)(H,12,13,14). The molecule has 9 heteroatoms. The fourth-order valence-corrected chi connectivity index (χ4v) is 2.86. The molecular formula is C10H11N3O4S2. The van der Waals surface area contributed by atoms with Crippen molar-refractivity contribution in [2.75, 3.05) is 5.32 Å². The molecule has 0 aliphatic carbocycles. The number of carbonyl (C=O) groups is 1. The van der Waals surface area contributed by atoms with Gasteiger partial charge in [-0.2, -0.15) is 0 Å². The van der Waals surface area contributed by atoms with Crippen molar-refractivity contribution in [3.8, 4) is 10.6 Å². The van der Waals surface area contributed by atoms with Crippen LogP contribution in [0.1, 0.15) is 12.6 Å². The zero-order chi connectivity index (χ0) is 14.2. The van der Waals surface area contributed by atoms with E-state index in [1.165, 1.54) is 30.4 Å². The van der Waals surface area contributed by atoms with Crippen molar-refractivity contribution in [3.63, 3.8) is 0 Å². The topological polar surface area (TPSA) is 115 Å². The second-order valence-corrected chi connectivity index (χ2v) is 6.27. The van der Waals surface area contributed by atoms with Crippen molar-refractivity contribution >= 4 is 32.4 Å². The molecule has 2 aromatic rings. The van der Waals surface area contributed by atoms with Gasteiger partial charge < -0.3 is 9.73 Å². The number of aryl methyl sites for hydroxylation is 1. The number of hydrogen-bond acceptors (Lipinski definition) is 6. The minimum Gasteiger partial charge on any atom is -0.442 e. The van der Waals surface area contributed by atoms with E-state index in [9.17, 15) is 13.2 Å². The summed E-state index contributed by atoms with van der Waals surface area (Å²) in [7, 11) is -3.87. The third-order valence-corrected chi connectivity index (χ3v) is 4.03. The third-order valence-electron chi connectivity index (χ3n) is 2.17. The average molecular weight is 301 g/mol. The molecule has 0 fully saturated rings. The van der Waals surface area contributed by atoms with Gasteiger partial charge in [0.25, 0.3) is 10.0 Å². The molecule has 2 rings (SSSR count). The monoisotopic (exact) mass is 301 g/mol. The lowest BCUT2D eigenvalue weighted by atomic mass is 10.3. The quantitative estimate of drug-likeness (QED) is 0.887. The first kappa shape index (κ1) is 13.7. The van der Waals surface area contributed by atoms with E-state index in [0.717, 1.165) is 0 Å². The van der Waals surface area contributed by atoms with Crippen molar-refractivity contribution in [3.05, 3.63) is 17.8 Å². The summed E-state index contributed by atoms with van der Waals surface area (Å²) in [5, 5.41) is 7.64. The molecule has 3 N–H and O–H groups in total. The van der Waals surface area contributed by atoms with Crippen LogP contribution >= 0.6 is 11.3 Å². The van der Waals surface area contributed by atoms with E-state index in [4.69, 9.17) is 9.56 Å². The van der Waals surface area contributed by atoms with Crippen molar-refractivity contribution in [2.45, 2.75) is 18.9 Å². The first-order chi connectivity index (χ1) is 8.77. The molecular weight excluding hydrogens is 290 g/mol. The number of thiazole rings is 1. The number of aromatic nitrogens is 1. The predicted molar refractivity (Wildman–Crippen MR) is 70.2 cm³/mol. The van der Waals surface area contributed by atoms with Crippen LogP contribution in [0.15, 0.2) is 21.6 Å². The Balaban J connectivity index is 2.39. The predicted octanol–water partition coefficient (Wildman–Crippen LogP) is 1.32. The van der Waals surface area contributed by atoms with Crippen molar-refractivity contribution in [1.29, 1.82) is 0 Å². The molecule has 2 heterocycles. The zero-order valence-electron chi connectivity index (χ0n) is 10.1. The van der Waals surface area contributed by atoms with Gasteiger partial charge in [0.2, 0.25) is 11.0 Å². The molecule has 1 amide bonds. The number of amides is 1. The fraction of sp³-hybridized carbons (Fsp3) is 0.200. The van der Waals surface area contributed by atoms with Crippen LogP contribution in [0.3, 0.4) is 0 Å². The van der Waals surface area contributed by atoms with E-state index in [-0.39, 0.29) is 11.0 Å². The van der Waals surface area contributed by atoms with E-state index in [1.54, 1.807) is 6.92 Å². The highest BCUT2D eigenvalue weighted by molar-refractivity contribution is 7.89. The Morgan fingerprint density at radius 3 is 2.68 bits per heavy atom. The largest absolute Gasteiger partial charge is 0.442 e. The summed E-state index contributed by atoms with van der Waals surface area (Å²) in [5.74, 6) is 0.112. The van der Waals surface area contributed by atoms with E-state index < -0.39 is 10.0 Å². The number of carbonyl (C=O) groups excluding carboxylic acids is 1. The number of nitrogens with zero attached hydrogens (tertiary/aromatic N) is 1. The molecule has 0 saturated heterocycles. The Hall–Kier alpha value is -1.71. The lowest BCUT2D eigenvalue weighted by Crippen LogP contribution is -2.10. The van der Waals surface area contributed by atoms with Crippen LogP contribution in [0.25, 0.3) is 10.6 Å². The summed E-state index contributed by atoms with van der Waals surface area (Å²) in [4.78, 5) is 15.7. The number of nitrogens with one attached hydrogen (secondary N) is 1. The third kappa shape index (κ3) is 3.00. The summed E-state index contributed by atoms with van der Waals surface area (Å²) in [5.41, 5.74) is 0.629. The maximum Gasteiger partial charge on any atom is 0.271 e.